The molecule has 18 heavy (non-hydrogen) atoms. The molecule has 0 amide bonds. The lowest BCUT2D eigenvalue weighted by Crippen LogP contribution is -1.98. The Labute approximate surface area is 111 Å². The number of nitrogen functional groups attached to an aromatic ring is 1. The molecule has 0 aromatic carbocycles. The van der Waals surface area contributed by atoms with Crippen LogP contribution in [0.2, 0.25) is 0 Å². The lowest BCUT2D eigenvalue weighted by atomic mass is 9.99. The third-order valence-electron chi connectivity index (χ3n) is 3.91. The minimum Gasteiger partial charge on any atom is -0.382 e. The molecule has 0 atom stereocenters. The van der Waals surface area contributed by atoms with Gasteiger partial charge in [-0.2, -0.15) is 5.10 Å². The second-order valence-electron chi connectivity index (χ2n) is 5.13. The minimum absolute atomic E-state index is 0.638. The summed E-state index contributed by atoms with van der Waals surface area (Å²) in [5, 5.41) is 9.38. The molecule has 1 aliphatic rings. The van der Waals surface area contributed by atoms with Crippen molar-refractivity contribution in [1.29, 1.82) is 0 Å². The van der Waals surface area contributed by atoms with Gasteiger partial charge in [-0.05, 0) is 30.2 Å². The lowest BCUT2D eigenvalue weighted by Gasteiger charge is -2.08. The molecule has 0 aliphatic heterocycles. The molecular weight excluding hydrogens is 242 g/mol. The summed E-state index contributed by atoms with van der Waals surface area (Å²) in [5.74, 6) is 1.55. The Morgan fingerprint density at radius 2 is 2.22 bits per heavy atom. The number of aromatic amines is 1. The first-order valence-corrected chi connectivity index (χ1v) is 7.59. The predicted octanol–water partition coefficient (Wildman–Crippen LogP) is 3.84. The van der Waals surface area contributed by atoms with Gasteiger partial charge in [0.1, 0.15) is 0 Å². The third-order valence-corrected chi connectivity index (χ3v) is 4.80. The zero-order chi connectivity index (χ0) is 12.4. The van der Waals surface area contributed by atoms with Crippen LogP contribution in [0.4, 0.5) is 5.82 Å². The van der Waals surface area contributed by atoms with E-state index in [4.69, 9.17) is 5.73 Å². The van der Waals surface area contributed by atoms with Crippen molar-refractivity contribution in [2.75, 3.05) is 5.73 Å². The summed E-state index contributed by atoms with van der Waals surface area (Å²) in [7, 11) is 0. The fourth-order valence-corrected chi connectivity index (χ4v) is 3.72. The molecule has 0 radical (unpaired) electrons. The Balaban J connectivity index is 1.76. The number of nitrogens with one attached hydrogen (secondary N) is 1. The van der Waals surface area contributed by atoms with E-state index in [-0.39, 0.29) is 0 Å². The van der Waals surface area contributed by atoms with Crippen molar-refractivity contribution in [3.63, 3.8) is 0 Å². The highest BCUT2D eigenvalue weighted by atomic mass is 32.1. The number of rotatable bonds is 4. The Hall–Kier alpha value is -1.29. The van der Waals surface area contributed by atoms with E-state index in [2.05, 4.69) is 27.7 Å². The Morgan fingerprint density at radius 1 is 1.39 bits per heavy atom. The number of hydrogen-bond acceptors (Lipinski definition) is 3. The van der Waals surface area contributed by atoms with Crippen molar-refractivity contribution in [3.8, 4) is 10.4 Å². The molecule has 96 valence electrons. The third kappa shape index (κ3) is 2.29. The van der Waals surface area contributed by atoms with Crippen LogP contribution in [-0.4, -0.2) is 10.2 Å². The van der Waals surface area contributed by atoms with E-state index in [0.29, 0.717) is 5.82 Å². The smallest absolute Gasteiger partial charge is 0.154 e. The van der Waals surface area contributed by atoms with Crippen LogP contribution in [0.25, 0.3) is 10.4 Å². The van der Waals surface area contributed by atoms with Gasteiger partial charge in [-0.1, -0.05) is 31.7 Å². The molecule has 1 fully saturated rings. The van der Waals surface area contributed by atoms with Gasteiger partial charge in [-0.25, -0.2) is 0 Å². The second kappa shape index (κ2) is 5.14. The number of nitrogens with two attached hydrogens (primary N) is 1. The monoisotopic (exact) mass is 261 g/mol. The maximum absolute atomic E-state index is 5.98. The van der Waals surface area contributed by atoms with Crippen LogP contribution in [0.1, 0.15) is 37.8 Å². The summed E-state index contributed by atoms with van der Waals surface area (Å²) in [6.45, 7) is 0. The van der Waals surface area contributed by atoms with Gasteiger partial charge >= 0.3 is 0 Å². The highest BCUT2D eigenvalue weighted by molar-refractivity contribution is 7.13. The van der Waals surface area contributed by atoms with Gasteiger partial charge in [-0.15, -0.1) is 11.3 Å². The standard InChI is InChI=1S/C14H19N3S/c15-14-13(12-6-3-9-18-12)11(16-17-14)8-7-10-4-1-2-5-10/h3,6,9-10H,1-2,4-5,7-8H2,(H3,15,16,17). The van der Waals surface area contributed by atoms with Gasteiger partial charge in [0.2, 0.25) is 0 Å². The number of H-pyrrole nitrogens is 1. The van der Waals surface area contributed by atoms with Crippen LogP contribution in [0.15, 0.2) is 17.5 Å². The molecule has 1 aliphatic carbocycles. The van der Waals surface area contributed by atoms with E-state index in [1.165, 1.54) is 42.7 Å². The van der Waals surface area contributed by atoms with Crippen molar-refractivity contribution < 1.29 is 0 Å². The zero-order valence-corrected chi connectivity index (χ0v) is 11.3. The van der Waals surface area contributed by atoms with E-state index < -0.39 is 0 Å². The predicted molar refractivity (Wildman–Crippen MR) is 76.6 cm³/mol. The fourth-order valence-electron chi connectivity index (χ4n) is 2.92. The fraction of sp³-hybridized carbons (Fsp3) is 0.500. The van der Waals surface area contributed by atoms with Crippen molar-refractivity contribution in [2.45, 2.75) is 38.5 Å². The number of thiophene rings is 1. The molecule has 0 spiro atoms. The van der Waals surface area contributed by atoms with Crippen LogP contribution >= 0.6 is 11.3 Å². The van der Waals surface area contributed by atoms with Gasteiger partial charge in [0.05, 0.1) is 5.56 Å². The highest BCUT2D eigenvalue weighted by Gasteiger charge is 2.18. The van der Waals surface area contributed by atoms with Crippen LogP contribution < -0.4 is 5.73 Å². The first kappa shape index (κ1) is 11.8. The Kier molecular flexibility index (Phi) is 3.37. The molecule has 4 heteroatoms. The van der Waals surface area contributed by atoms with Crippen molar-refractivity contribution in [2.24, 2.45) is 5.92 Å². The molecule has 3 nitrogen and oxygen atoms in total. The maximum atomic E-state index is 5.98. The van der Waals surface area contributed by atoms with Crippen molar-refractivity contribution in [3.05, 3.63) is 23.2 Å². The SMILES string of the molecule is Nc1n[nH]c(CCC2CCCC2)c1-c1cccs1. The highest BCUT2D eigenvalue weighted by Crippen LogP contribution is 2.34. The lowest BCUT2D eigenvalue weighted by molar-refractivity contribution is 0.501. The van der Waals surface area contributed by atoms with E-state index in [0.717, 1.165) is 17.9 Å². The van der Waals surface area contributed by atoms with E-state index in [9.17, 15) is 0 Å². The number of aromatic nitrogens is 2. The summed E-state index contributed by atoms with van der Waals surface area (Å²) in [6.07, 6.45) is 7.96. The van der Waals surface area contributed by atoms with Gasteiger partial charge in [0.15, 0.2) is 5.82 Å². The van der Waals surface area contributed by atoms with Crippen molar-refractivity contribution in [1.82, 2.24) is 10.2 Å². The number of anilines is 1. The number of hydrogen-bond donors (Lipinski definition) is 2. The van der Waals surface area contributed by atoms with Gasteiger partial charge in [0.25, 0.3) is 0 Å². The normalized spacial score (nSPS) is 16.4. The van der Waals surface area contributed by atoms with Crippen molar-refractivity contribution >= 4 is 17.2 Å². The van der Waals surface area contributed by atoms with Crippen LogP contribution in [0, 0.1) is 5.92 Å². The summed E-state index contributed by atoms with van der Waals surface area (Å²) in [6, 6.07) is 4.18. The summed E-state index contributed by atoms with van der Waals surface area (Å²) >= 11 is 1.73. The topological polar surface area (TPSA) is 54.7 Å². The molecule has 2 aromatic heterocycles. The summed E-state index contributed by atoms with van der Waals surface area (Å²) < 4.78 is 0. The first-order valence-electron chi connectivity index (χ1n) is 6.71. The number of aryl methyl sites for hydroxylation is 1. The maximum Gasteiger partial charge on any atom is 0.154 e. The Morgan fingerprint density at radius 3 is 2.94 bits per heavy atom. The second-order valence-corrected chi connectivity index (χ2v) is 6.08. The average Bonchev–Trinajstić information content (AvgIpc) is 3.07. The zero-order valence-electron chi connectivity index (χ0n) is 10.5. The molecule has 3 N–H and O–H groups in total. The molecule has 2 aromatic rings. The quantitative estimate of drug-likeness (QED) is 0.878. The molecule has 2 heterocycles. The van der Waals surface area contributed by atoms with Crippen LogP contribution in [0.3, 0.4) is 0 Å². The van der Waals surface area contributed by atoms with Crippen LogP contribution in [0.5, 0.6) is 0 Å². The Bertz CT molecular complexity index is 495. The molecular formula is C14H19N3S. The van der Waals surface area contributed by atoms with Crippen LogP contribution in [-0.2, 0) is 6.42 Å². The van der Waals surface area contributed by atoms with E-state index in [1.54, 1.807) is 11.3 Å². The van der Waals surface area contributed by atoms with E-state index >= 15 is 0 Å². The largest absolute Gasteiger partial charge is 0.382 e. The van der Waals surface area contributed by atoms with Gasteiger partial charge in [-0.3, -0.25) is 5.10 Å². The number of nitrogens with zero attached hydrogens (tertiary/aromatic N) is 1. The summed E-state index contributed by atoms with van der Waals surface area (Å²) in [5.41, 5.74) is 8.32. The molecule has 1 saturated carbocycles. The van der Waals surface area contributed by atoms with Gasteiger partial charge in [0, 0.05) is 10.6 Å². The van der Waals surface area contributed by atoms with E-state index in [1.807, 2.05) is 0 Å². The first-order chi connectivity index (χ1) is 8.84. The molecule has 0 bridgehead atoms. The minimum atomic E-state index is 0.638. The molecule has 0 saturated heterocycles. The average molecular weight is 261 g/mol. The molecule has 3 rings (SSSR count). The van der Waals surface area contributed by atoms with Gasteiger partial charge < -0.3 is 5.73 Å². The molecule has 0 unspecified atom stereocenters. The summed E-state index contributed by atoms with van der Waals surface area (Å²) in [4.78, 5) is 1.22.